The lowest BCUT2D eigenvalue weighted by molar-refractivity contribution is 0.886. The van der Waals surface area contributed by atoms with Gasteiger partial charge in [-0.3, -0.25) is 4.99 Å². The summed E-state index contributed by atoms with van der Waals surface area (Å²) < 4.78 is 0. The first-order chi connectivity index (χ1) is 5.34. The van der Waals surface area contributed by atoms with Gasteiger partial charge in [-0.25, -0.2) is 0 Å². The Hall–Kier alpha value is -0.680. The molecule has 1 heterocycles. The topological polar surface area (TPSA) is 62.4 Å². The molecule has 0 saturated carbocycles. The molecule has 1 rings (SSSR count). The van der Waals surface area contributed by atoms with E-state index in [2.05, 4.69) is 15.6 Å². The summed E-state index contributed by atoms with van der Waals surface area (Å²) in [5, 5.41) is 6.06. The van der Waals surface area contributed by atoms with E-state index >= 15 is 0 Å². The number of hydrogen-bond donors (Lipinski definition) is 3. The maximum Gasteiger partial charge on any atom is 0.156 e. The van der Waals surface area contributed by atoms with Crippen LogP contribution in [0.4, 0.5) is 0 Å². The Morgan fingerprint density at radius 2 is 2.64 bits per heavy atom. The van der Waals surface area contributed by atoms with Crippen LogP contribution in [0.1, 0.15) is 0 Å². The van der Waals surface area contributed by atoms with Gasteiger partial charge < -0.3 is 16.4 Å². The summed E-state index contributed by atoms with van der Waals surface area (Å²) >= 11 is 5.02. The first kappa shape index (κ1) is 8.42. The SMILES string of the molecule is NCCNC(=S)C1=NCCN1. The number of nitrogens with one attached hydrogen (secondary N) is 2. The van der Waals surface area contributed by atoms with Crippen molar-refractivity contribution in [1.29, 1.82) is 0 Å². The van der Waals surface area contributed by atoms with E-state index in [9.17, 15) is 0 Å². The molecule has 11 heavy (non-hydrogen) atoms. The highest BCUT2D eigenvalue weighted by molar-refractivity contribution is 7.82. The molecule has 0 radical (unpaired) electrons. The zero-order valence-corrected chi connectivity index (χ0v) is 7.08. The number of rotatable bonds is 3. The maximum absolute atomic E-state index is 5.29. The summed E-state index contributed by atoms with van der Waals surface area (Å²) in [7, 11) is 0. The average molecular weight is 172 g/mol. The fourth-order valence-corrected chi connectivity index (χ4v) is 1.06. The quantitative estimate of drug-likeness (QED) is 0.471. The first-order valence-electron chi connectivity index (χ1n) is 3.61. The van der Waals surface area contributed by atoms with E-state index in [4.69, 9.17) is 18.0 Å². The Kier molecular flexibility index (Phi) is 3.25. The molecule has 62 valence electrons. The summed E-state index contributed by atoms with van der Waals surface area (Å²) in [6, 6.07) is 0. The number of thiocarbonyl (C=S) groups is 1. The van der Waals surface area contributed by atoms with Gasteiger partial charge in [0.05, 0.1) is 6.54 Å². The molecule has 1 aliphatic rings. The Labute approximate surface area is 71.3 Å². The third kappa shape index (κ3) is 2.44. The van der Waals surface area contributed by atoms with Gasteiger partial charge in [0.25, 0.3) is 0 Å². The van der Waals surface area contributed by atoms with E-state index in [-0.39, 0.29) is 0 Å². The van der Waals surface area contributed by atoms with Gasteiger partial charge in [0, 0.05) is 19.6 Å². The van der Waals surface area contributed by atoms with Gasteiger partial charge in [-0.1, -0.05) is 12.2 Å². The monoisotopic (exact) mass is 172 g/mol. The second-order valence-electron chi connectivity index (χ2n) is 2.20. The molecule has 0 saturated heterocycles. The molecule has 0 fully saturated rings. The second-order valence-corrected chi connectivity index (χ2v) is 2.61. The molecule has 4 N–H and O–H groups in total. The van der Waals surface area contributed by atoms with Crippen molar-refractivity contribution >= 4 is 23.0 Å². The molecular weight excluding hydrogens is 160 g/mol. The van der Waals surface area contributed by atoms with Crippen LogP contribution in [0.3, 0.4) is 0 Å². The highest BCUT2D eigenvalue weighted by Gasteiger charge is 2.08. The van der Waals surface area contributed by atoms with Crippen molar-refractivity contribution in [2.45, 2.75) is 0 Å². The van der Waals surface area contributed by atoms with E-state index in [0.29, 0.717) is 18.1 Å². The fourth-order valence-electron chi connectivity index (χ4n) is 0.819. The van der Waals surface area contributed by atoms with Crippen LogP contribution < -0.4 is 16.4 Å². The Balaban J connectivity index is 2.29. The van der Waals surface area contributed by atoms with Gasteiger partial charge in [-0.2, -0.15) is 0 Å². The first-order valence-corrected chi connectivity index (χ1v) is 4.02. The van der Waals surface area contributed by atoms with E-state index < -0.39 is 0 Å². The average Bonchev–Trinajstić information content (AvgIpc) is 2.52. The summed E-state index contributed by atoms with van der Waals surface area (Å²) in [6.07, 6.45) is 0. The predicted molar refractivity (Wildman–Crippen MR) is 50.0 cm³/mol. The Morgan fingerprint density at radius 1 is 1.82 bits per heavy atom. The molecule has 4 nitrogen and oxygen atoms in total. The Morgan fingerprint density at radius 3 is 3.18 bits per heavy atom. The third-order valence-corrected chi connectivity index (χ3v) is 1.66. The fraction of sp³-hybridized carbons (Fsp3) is 0.667. The number of aliphatic imine (C=N–C) groups is 1. The molecule has 0 aromatic heterocycles. The zero-order chi connectivity index (χ0) is 8.10. The summed E-state index contributed by atoms with van der Waals surface area (Å²) in [6.45, 7) is 3.01. The normalized spacial score (nSPS) is 15.5. The summed E-state index contributed by atoms with van der Waals surface area (Å²) in [5.74, 6) is 0.799. The molecule has 0 atom stereocenters. The van der Waals surface area contributed by atoms with Crippen LogP contribution in [-0.2, 0) is 0 Å². The second kappa shape index (κ2) is 4.25. The number of hydrogen-bond acceptors (Lipinski definition) is 4. The zero-order valence-electron chi connectivity index (χ0n) is 6.26. The van der Waals surface area contributed by atoms with Crippen molar-refractivity contribution in [3.8, 4) is 0 Å². The van der Waals surface area contributed by atoms with Crippen molar-refractivity contribution in [2.24, 2.45) is 10.7 Å². The molecule has 0 unspecified atom stereocenters. The predicted octanol–water partition coefficient (Wildman–Crippen LogP) is -1.14. The highest BCUT2D eigenvalue weighted by atomic mass is 32.1. The van der Waals surface area contributed by atoms with Gasteiger partial charge in [-0.15, -0.1) is 0 Å². The van der Waals surface area contributed by atoms with Crippen LogP contribution in [-0.4, -0.2) is 37.0 Å². The molecule has 0 amide bonds. The molecular formula is C6H12N4S. The minimum absolute atomic E-state index is 0.591. The number of amidine groups is 1. The molecule has 5 heteroatoms. The molecule has 0 aliphatic carbocycles. The van der Waals surface area contributed by atoms with Gasteiger partial charge >= 0.3 is 0 Å². The highest BCUT2D eigenvalue weighted by Crippen LogP contribution is 1.86. The molecule has 0 spiro atoms. The molecule has 1 aliphatic heterocycles. The smallest absolute Gasteiger partial charge is 0.156 e. The minimum Gasteiger partial charge on any atom is -0.372 e. The third-order valence-electron chi connectivity index (χ3n) is 1.32. The van der Waals surface area contributed by atoms with Crippen LogP contribution in [0.5, 0.6) is 0 Å². The van der Waals surface area contributed by atoms with Crippen molar-refractivity contribution in [3.05, 3.63) is 0 Å². The maximum atomic E-state index is 5.29. The standard InChI is InChI=1S/C6H12N4S/c7-1-2-10-6(11)5-8-3-4-9-5/h1-4,7H2,(H,8,9)(H,10,11). The molecule has 0 aromatic carbocycles. The molecule has 0 aromatic rings. The van der Waals surface area contributed by atoms with Crippen LogP contribution in [0, 0.1) is 0 Å². The van der Waals surface area contributed by atoms with Crippen molar-refractivity contribution in [1.82, 2.24) is 10.6 Å². The van der Waals surface area contributed by atoms with Gasteiger partial charge in [0.15, 0.2) is 5.84 Å². The van der Waals surface area contributed by atoms with Gasteiger partial charge in [0.2, 0.25) is 0 Å². The lowest BCUT2D eigenvalue weighted by Gasteiger charge is -2.05. The Bertz CT molecular complexity index is 177. The molecule has 0 bridgehead atoms. The lowest BCUT2D eigenvalue weighted by Crippen LogP contribution is -2.38. The lowest BCUT2D eigenvalue weighted by atomic mass is 10.5. The largest absolute Gasteiger partial charge is 0.372 e. The number of nitrogens with zero attached hydrogens (tertiary/aromatic N) is 1. The van der Waals surface area contributed by atoms with Crippen LogP contribution in [0.25, 0.3) is 0 Å². The van der Waals surface area contributed by atoms with E-state index in [1.165, 1.54) is 0 Å². The number of nitrogens with two attached hydrogens (primary N) is 1. The van der Waals surface area contributed by atoms with Crippen molar-refractivity contribution in [2.75, 3.05) is 26.2 Å². The van der Waals surface area contributed by atoms with Crippen LogP contribution >= 0.6 is 12.2 Å². The van der Waals surface area contributed by atoms with Crippen LogP contribution in [0.2, 0.25) is 0 Å². The minimum atomic E-state index is 0.591. The van der Waals surface area contributed by atoms with Gasteiger partial charge in [0.1, 0.15) is 4.99 Å². The summed E-state index contributed by atoms with van der Waals surface area (Å²) in [4.78, 5) is 4.82. The van der Waals surface area contributed by atoms with E-state index in [1.807, 2.05) is 0 Å². The van der Waals surface area contributed by atoms with Crippen LogP contribution in [0.15, 0.2) is 4.99 Å². The van der Waals surface area contributed by atoms with E-state index in [0.717, 1.165) is 18.9 Å². The van der Waals surface area contributed by atoms with Gasteiger partial charge in [-0.05, 0) is 0 Å². The van der Waals surface area contributed by atoms with E-state index in [1.54, 1.807) is 0 Å². The van der Waals surface area contributed by atoms with Crippen molar-refractivity contribution < 1.29 is 0 Å². The van der Waals surface area contributed by atoms with Crippen molar-refractivity contribution in [3.63, 3.8) is 0 Å². The summed E-state index contributed by atoms with van der Waals surface area (Å²) in [5.41, 5.74) is 5.29.